The van der Waals surface area contributed by atoms with Crippen molar-refractivity contribution in [1.29, 1.82) is 0 Å². The number of hydrogen-bond acceptors (Lipinski definition) is 5. The summed E-state index contributed by atoms with van der Waals surface area (Å²) in [4.78, 5) is 24.5. The molecule has 0 amide bonds. The second kappa shape index (κ2) is 5.59. The van der Waals surface area contributed by atoms with Gasteiger partial charge < -0.3 is 19.7 Å². The third-order valence-electron chi connectivity index (χ3n) is 8.81. The van der Waals surface area contributed by atoms with E-state index < -0.39 is 35.0 Å². The standard InChI is InChI=1S/C23H30O6/c1-20(2)28-17-10-15-14-6-5-12-9-13(24)7-8-21(12,3)18(14)16(25)11-22(15,4)23(17,29-20)19(26)27/h7-9,14-18,25H,5-6,10-11H2,1-4H3,(H,26,27)/t14-,15-,16-,17-,18-,21+,22+,23+/m1/s1. The van der Waals surface area contributed by atoms with Crippen LogP contribution in [-0.4, -0.2) is 45.6 Å². The van der Waals surface area contributed by atoms with Gasteiger partial charge in [0.05, 0.1) is 6.10 Å². The molecule has 5 aliphatic rings. The number of fused-ring (bicyclic) bond motifs is 7. The maximum Gasteiger partial charge on any atom is 0.339 e. The Morgan fingerprint density at radius 3 is 2.66 bits per heavy atom. The largest absolute Gasteiger partial charge is 0.479 e. The van der Waals surface area contributed by atoms with E-state index in [1.165, 1.54) is 0 Å². The van der Waals surface area contributed by atoms with Gasteiger partial charge in [-0.25, -0.2) is 4.79 Å². The summed E-state index contributed by atoms with van der Waals surface area (Å²) in [6, 6.07) is 0. The average Bonchev–Trinajstić information content (AvgIpc) is 3.02. The van der Waals surface area contributed by atoms with Gasteiger partial charge in [-0.15, -0.1) is 0 Å². The van der Waals surface area contributed by atoms with Gasteiger partial charge in [0.15, 0.2) is 17.2 Å². The molecule has 1 saturated heterocycles. The third kappa shape index (κ3) is 2.23. The van der Waals surface area contributed by atoms with Crippen LogP contribution < -0.4 is 0 Å². The lowest BCUT2D eigenvalue weighted by Crippen LogP contribution is -2.63. The molecule has 4 fully saturated rings. The number of carbonyl (C=O) groups is 2. The van der Waals surface area contributed by atoms with Gasteiger partial charge >= 0.3 is 5.97 Å². The van der Waals surface area contributed by atoms with Crippen LogP contribution in [0, 0.1) is 28.6 Å². The Morgan fingerprint density at radius 2 is 1.97 bits per heavy atom. The van der Waals surface area contributed by atoms with E-state index >= 15 is 0 Å². The van der Waals surface area contributed by atoms with Crippen molar-refractivity contribution >= 4 is 11.8 Å². The molecule has 3 saturated carbocycles. The number of carbonyl (C=O) groups excluding carboxylic acids is 1. The molecule has 2 N–H and O–H groups in total. The molecule has 0 radical (unpaired) electrons. The summed E-state index contributed by atoms with van der Waals surface area (Å²) in [5.74, 6) is -1.74. The van der Waals surface area contributed by atoms with Gasteiger partial charge in [0.25, 0.3) is 0 Å². The van der Waals surface area contributed by atoms with Gasteiger partial charge in [0.1, 0.15) is 6.10 Å². The Labute approximate surface area is 170 Å². The molecule has 29 heavy (non-hydrogen) atoms. The van der Waals surface area contributed by atoms with Crippen LogP contribution in [0.2, 0.25) is 0 Å². The summed E-state index contributed by atoms with van der Waals surface area (Å²) in [6.45, 7) is 7.62. The van der Waals surface area contributed by atoms with Crippen LogP contribution in [-0.2, 0) is 19.1 Å². The maximum atomic E-state index is 12.6. The molecule has 0 aromatic carbocycles. The van der Waals surface area contributed by atoms with Crippen molar-refractivity contribution in [2.75, 3.05) is 0 Å². The Balaban J connectivity index is 1.59. The quantitative estimate of drug-likeness (QED) is 0.701. The zero-order valence-corrected chi connectivity index (χ0v) is 17.5. The van der Waals surface area contributed by atoms with Crippen molar-refractivity contribution < 1.29 is 29.3 Å². The fourth-order valence-electron chi connectivity index (χ4n) is 7.79. The van der Waals surface area contributed by atoms with Crippen molar-refractivity contribution in [3.8, 4) is 0 Å². The number of ketones is 1. The summed E-state index contributed by atoms with van der Waals surface area (Å²) in [5, 5.41) is 21.7. The number of hydrogen-bond donors (Lipinski definition) is 2. The molecular formula is C23H30O6. The summed E-state index contributed by atoms with van der Waals surface area (Å²) in [6.07, 6.45) is 6.73. The lowest BCUT2D eigenvalue weighted by atomic mass is 9.46. The summed E-state index contributed by atoms with van der Waals surface area (Å²) in [5.41, 5.74) is -1.44. The first-order valence-electron chi connectivity index (χ1n) is 10.7. The SMILES string of the molecule is CC1(C)O[C@@H]2C[C@@H]3[C@H]4CCC5=CC(=O)C=C[C@]5(C)[C@H]4[C@H](O)C[C@]3(C)[C@]2(C(=O)O)O1. The Kier molecular flexibility index (Phi) is 3.75. The minimum atomic E-state index is -1.44. The highest BCUT2D eigenvalue weighted by Crippen LogP contribution is 2.70. The number of rotatable bonds is 1. The molecule has 6 nitrogen and oxygen atoms in total. The lowest BCUT2D eigenvalue weighted by Gasteiger charge is -2.59. The van der Waals surface area contributed by atoms with E-state index in [0.29, 0.717) is 12.8 Å². The Bertz CT molecular complexity index is 857. The fraction of sp³-hybridized carbons (Fsp3) is 0.739. The van der Waals surface area contributed by atoms with Crippen LogP contribution in [0.4, 0.5) is 0 Å². The molecule has 0 spiro atoms. The molecule has 6 heteroatoms. The van der Waals surface area contributed by atoms with Gasteiger partial charge in [-0.1, -0.05) is 25.5 Å². The third-order valence-corrected chi connectivity index (χ3v) is 8.81. The molecule has 4 aliphatic carbocycles. The Hall–Kier alpha value is -1.50. The number of aliphatic carboxylic acids is 1. The molecule has 5 rings (SSSR count). The molecule has 0 unspecified atom stereocenters. The van der Waals surface area contributed by atoms with Gasteiger partial charge in [0, 0.05) is 16.7 Å². The first kappa shape index (κ1) is 19.5. The van der Waals surface area contributed by atoms with Gasteiger partial charge in [-0.2, -0.15) is 0 Å². The molecular weight excluding hydrogens is 372 g/mol. The van der Waals surface area contributed by atoms with Crippen molar-refractivity contribution in [3.63, 3.8) is 0 Å². The highest BCUT2D eigenvalue weighted by atomic mass is 16.8. The number of carboxylic acid groups (broad SMARTS) is 1. The smallest absolute Gasteiger partial charge is 0.339 e. The Morgan fingerprint density at radius 1 is 1.24 bits per heavy atom. The monoisotopic (exact) mass is 402 g/mol. The topological polar surface area (TPSA) is 93.1 Å². The van der Waals surface area contributed by atoms with Crippen molar-refractivity contribution in [3.05, 3.63) is 23.8 Å². The van der Waals surface area contributed by atoms with E-state index in [4.69, 9.17) is 9.47 Å². The minimum absolute atomic E-state index is 0.00956. The second-order valence-corrected chi connectivity index (χ2v) is 10.6. The predicted molar refractivity (Wildman–Crippen MR) is 104 cm³/mol. The van der Waals surface area contributed by atoms with Crippen LogP contribution in [0.3, 0.4) is 0 Å². The molecule has 8 atom stereocenters. The van der Waals surface area contributed by atoms with Crippen molar-refractivity contribution in [2.45, 2.75) is 77.0 Å². The number of carboxylic acids is 1. The fourth-order valence-corrected chi connectivity index (χ4v) is 7.79. The van der Waals surface area contributed by atoms with E-state index in [0.717, 1.165) is 18.4 Å². The first-order valence-corrected chi connectivity index (χ1v) is 10.7. The number of aliphatic hydroxyl groups excluding tert-OH is 1. The van der Waals surface area contributed by atoms with Crippen LogP contribution in [0.5, 0.6) is 0 Å². The molecule has 0 aromatic heterocycles. The number of allylic oxidation sites excluding steroid dienone is 4. The van der Waals surface area contributed by atoms with Crippen LogP contribution >= 0.6 is 0 Å². The van der Waals surface area contributed by atoms with Crippen LogP contribution in [0.25, 0.3) is 0 Å². The summed E-state index contributed by atoms with van der Waals surface area (Å²) >= 11 is 0. The second-order valence-electron chi connectivity index (χ2n) is 10.6. The van der Waals surface area contributed by atoms with E-state index in [2.05, 4.69) is 6.92 Å². The molecule has 158 valence electrons. The maximum absolute atomic E-state index is 12.6. The van der Waals surface area contributed by atoms with Crippen molar-refractivity contribution in [2.24, 2.45) is 28.6 Å². The van der Waals surface area contributed by atoms with E-state index in [-0.39, 0.29) is 29.0 Å². The normalized spacial score (nSPS) is 52.2. The summed E-state index contributed by atoms with van der Waals surface area (Å²) < 4.78 is 12.3. The van der Waals surface area contributed by atoms with E-state index in [9.17, 15) is 19.8 Å². The predicted octanol–water partition coefficient (Wildman–Crippen LogP) is 2.85. The molecule has 0 bridgehead atoms. The molecule has 0 aromatic rings. The number of ether oxygens (including phenoxy) is 2. The van der Waals surface area contributed by atoms with Crippen molar-refractivity contribution in [1.82, 2.24) is 0 Å². The lowest BCUT2D eigenvalue weighted by molar-refractivity contribution is -0.232. The van der Waals surface area contributed by atoms with Gasteiger partial charge in [-0.3, -0.25) is 4.79 Å². The van der Waals surface area contributed by atoms with E-state index in [1.54, 1.807) is 26.0 Å². The number of aliphatic hydroxyl groups is 1. The minimum Gasteiger partial charge on any atom is -0.479 e. The zero-order chi connectivity index (χ0) is 21.0. The first-order chi connectivity index (χ1) is 13.4. The highest BCUT2D eigenvalue weighted by Gasteiger charge is 2.77. The van der Waals surface area contributed by atoms with Crippen LogP contribution in [0.15, 0.2) is 23.8 Å². The van der Waals surface area contributed by atoms with Crippen LogP contribution in [0.1, 0.15) is 53.4 Å². The van der Waals surface area contributed by atoms with Gasteiger partial charge in [0.2, 0.25) is 0 Å². The molecule has 1 heterocycles. The summed E-state index contributed by atoms with van der Waals surface area (Å²) in [7, 11) is 0. The molecule has 1 aliphatic heterocycles. The van der Waals surface area contributed by atoms with E-state index in [1.807, 2.05) is 13.0 Å². The zero-order valence-electron chi connectivity index (χ0n) is 17.5. The highest BCUT2D eigenvalue weighted by molar-refractivity contribution is 6.01. The van der Waals surface area contributed by atoms with Gasteiger partial charge in [-0.05, 0) is 63.5 Å². The average molecular weight is 402 g/mol.